The van der Waals surface area contributed by atoms with Gasteiger partial charge in [-0.3, -0.25) is 4.79 Å². The quantitative estimate of drug-likeness (QED) is 0.840. The van der Waals surface area contributed by atoms with Crippen LogP contribution in [0.4, 0.5) is 4.39 Å². The van der Waals surface area contributed by atoms with E-state index >= 15 is 0 Å². The molecule has 25 heavy (non-hydrogen) atoms. The fourth-order valence-electron chi connectivity index (χ4n) is 3.54. The van der Waals surface area contributed by atoms with Crippen LogP contribution in [-0.4, -0.2) is 19.0 Å². The smallest absolute Gasteiger partial charge is 0.220 e. The Hall–Kier alpha value is -1.59. The molecule has 4 nitrogen and oxygen atoms in total. The van der Waals surface area contributed by atoms with E-state index in [2.05, 4.69) is 17.6 Å². The van der Waals surface area contributed by atoms with Gasteiger partial charge in [-0.1, -0.05) is 6.92 Å². The molecule has 1 atom stereocenters. The monoisotopic (exact) mass is 368 g/mol. The third-order valence-corrected chi connectivity index (χ3v) is 5.14. The van der Waals surface area contributed by atoms with Gasteiger partial charge in [0.1, 0.15) is 17.2 Å². The summed E-state index contributed by atoms with van der Waals surface area (Å²) < 4.78 is 19.1. The van der Waals surface area contributed by atoms with Crippen molar-refractivity contribution < 1.29 is 13.6 Å². The van der Waals surface area contributed by atoms with Crippen molar-refractivity contribution in [3.8, 4) is 0 Å². The topological polar surface area (TPSA) is 54.3 Å². The first kappa shape index (κ1) is 19.7. The molecule has 0 radical (unpaired) electrons. The lowest BCUT2D eigenvalue weighted by atomic mass is 9.84. The number of halogens is 2. The number of carbonyl (C=O) groups excluding carboxylic acids is 1. The Labute approximate surface area is 153 Å². The van der Waals surface area contributed by atoms with E-state index in [-0.39, 0.29) is 24.1 Å². The number of carbonyl (C=O) groups is 1. The number of furan rings is 1. The number of aryl methyl sites for hydroxylation is 1. The first-order valence-corrected chi connectivity index (χ1v) is 8.69. The molecule has 138 valence electrons. The van der Waals surface area contributed by atoms with Gasteiger partial charge < -0.3 is 15.1 Å². The van der Waals surface area contributed by atoms with E-state index in [1.807, 2.05) is 6.92 Å². The summed E-state index contributed by atoms with van der Waals surface area (Å²) in [6, 6.07) is 4.48. The van der Waals surface area contributed by atoms with Crippen molar-refractivity contribution in [2.45, 2.75) is 39.7 Å². The van der Waals surface area contributed by atoms with E-state index < -0.39 is 0 Å². The molecule has 1 saturated heterocycles. The Kier molecular flexibility index (Phi) is 6.85. The molecule has 1 aliphatic rings. The lowest BCUT2D eigenvalue weighted by Crippen LogP contribution is -2.33. The minimum atomic E-state index is -0.280. The second-order valence-electron chi connectivity index (χ2n) is 6.84. The highest BCUT2D eigenvalue weighted by atomic mass is 35.5. The van der Waals surface area contributed by atoms with Crippen molar-refractivity contribution in [1.29, 1.82) is 0 Å². The summed E-state index contributed by atoms with van der Waals surface area (Å²) in [5.41, 5.74) is 1.54. The van der Waals surface area contributed by atoms with Crippen molar-refractivity contribution in [3.63, 3.8) is 0 Å². The molecule has 1 amide bonds. The number of hydrogen-bond donors (Lipinski definition) is 2. The SMILES string of the molecule is Cc1c(CNC(=O)CC(C)C2CCNCC2)oc2ccc(F)cc12.Cl. The molecular formula is C19H26ClFN2O2. The summed E-state index contributed by atoms with van der Waals surface area (Å²) in [5.74, 6) is 1.47. The maximum absolute atomic E-state index is 13.3. The Morgan fingerprint density at radius 1 is 1.40 bits per heavy atom. The Morgan fingerprint density at radius 2 is 2.12 bits per heavy atom. The van der Waals surface area contributed by atoms with Crippen LogP contribution in [0.5, 0.6) is 0 Å². The van der Waals surface area contributed by atoms with E-state index in [9.17, 15) is 9.18 Å². The highest BCUT2D eigenvalue weighted by Crippen LogP contribution is 2.26. The van der Waals surface area contributed by atoms with Crippen LogP contribution in [0.1, 0.15) is 37.5 Å². The minimum absolute atomic E-state index is 0. The van der Waals surface area contributed by atoms with Crippen LogP contribution in [0.3, 0.4) is 0 Å². The standard InChI is InChI=1S/C19H25FN2O2.ClH/c1-12(14-5-7-21-8-6-14)9-19(23)22-11-18-13(2)16-10-15(20)3-4-17(16)24-18;/h3-4,10,12,14,21H,5-9,11H2,1-2H3,(H,22,23);1H. The molecule has 1 unspecified atom stereocenters. The molecule has 6 heteroatoms. The van der Waals surface area contributed by atoms with E-state index in [4.69, 9.17) is 4.42 Å². The van der Waals surface area contributed by atoms with E-state index in [1.165, 1.54) is 12.1 Å². The molecule has 1 aliphatic heterocycles. The van der Waals surface area contributed by atoms with Crippen LogP contribution in [0.2, 0.25) is 0 Å². The van der Waals surface area contributed by atoms with Gasteiger partial charge in [0.15, 0.2) is 0 Å². The van der Waals surface area contributed by atoms with Gasteiger partial charge in [0, 0.05) is 17.4 Å². The number of benzene rings is 1. The van der Waals surface area contributed by atoms with Crippen LogP contribution in [-0.2, 0) is 11.3 Å². The highest BCUT2D eigenvalue weighted by molar-refractivity contribution is 5.85. The zero-order chi connectivity index (χ0) is 17.1. The summed E-state index contributed by atoms with van der Waals surface area (Å²) in [6.07, 6.45) is 2.82. The molecule has 0 bridgehead atoms. The van der Waals surface area contributed by atoms with Crippen molar-refractivity contribution >= 4 is 29.3 Å². The van der Waals surface area contributed by atoms with Gasteiger partial charge in [0.05, 0.1) is 6.54 Å². The van der Waals surface area contributed by atoms with Gasteiger partial charge in [-0.25, -0.2) is 4.39 Å². The molecule has 0 aliphatic carbocycles. The van der Waals surface area contributed by atoms with Crippen LogP contribution >= 0.6 is 12.4 Å². The predicted molar refractivity (Wildman–Crippen MR) is 99.4 cm³/mol. The lowest BCUT2D eigenvalue weighted by molar-refractivity contribution is -0.122. The molecule has 2 N–H and O–H groups in total. The average molecular weight is 369 g/mol. The molecule has 3 rings (SSSR count). The number of fused-ring (bicyclic) bond motifs is 1. The maximum atomic E-state index is 13.3. The van der Waals surface area contributed by atoms with Crippen LogP contribution in [0.15, 0.2) is 22.6 Å². The van der Waals surface area contributed by atoms with Crippen molar-refractivity contribution in [1.82, 2.24) is 10.6 Å². The Balaban J connectivity index is 0.00000225. The van der Waals surface area contributed by atoms with Crippen molar-refractivity contribution in [2.24, 2.45) is 11.8 Å². The number of amides is 1. The lowest BCUT2D eigenvalue weighted by Gasteiger charge is -2.27. The molecule has 0 saturated carbocycles. The second kappa shape index (κ2) is 8.68. The van der Waals surface area contributed by atoms with Gasteiger partial charge in [-0.15, -0.1) is 12.4 Å². The molecular weight excluding hydrogens is 343 g/mol. The zero-order valence-electron chi connectivity index (χ0n) is 14.7. The molecule has 1 aromatic carbocycles. The molecule has 2 heterocycles. The number of rotatable bonds is 5. The number of piperidine rings is 1. The van der Waals surface area contributed by atoms with Gasteiger partial charge in [-0.2, -0.15) is 0 Å². The second-order valence-corrected chi connectivity index (χ2v) is 6.84. The molecule has 1 aromatic heterocycles. The van der Waals surface area contributed by atoms with E-state index in [0.717, 1.165) is 36.9 Å². The van der Waals surface area contributed by atoms with E-state index in [1.54, 1.807) is 6.07 Å². The third-order valence-electron chi connectivity index (χ3n) is 5.14. The molecule has 1 fully saturated rings. The van der Waals surface area contributed by atoms with E-state index in [0.29, 0.717) is 36.1 Å². The van der Waals surface area contributed by atoms with Crippen molar-refractivity contribution in [3.05, 3.63) is 35.3 Å². The first-order valence-electron chi connectivity index (χ1n) is 8.69. The third kappa shape index (κ3) is 4.73. The predicted octanol–water partition coefficient (Wildman–Crippen LogP) is 3.94. The van der Waals surface area contributed by atoms with Crippen LogP contribution in [0, 0.1) is 24.6 Å². The Morgan fingerprint density at radius 3 is 2.84 bits per heavy atom. The highest BCUT2D eigenvalue weighted by Gasteiger charge is 2.22. The normalized spacial score (nSPS) is 16.4. The fourth-order valence-corrected chi connectivity index (χ4v) is 3.54. The maximum Gasteiger partial charge on any atom is 0.220 e. The number of nitrogens with one attached hydrogen (secondary N) is 2. The zero-order valence-corrected chi connectivity index (χ0v) is 15.5. The van der Waals surface area contributed by atoms with Crippen LogP contribution < -0.4 is 10.6 Å². The number of hydrogen-bond acceptors (Lipinski definition) is 3. The van der Waals surface area contributed by atoms with Crippen LogP contribution in [0.25, 0.3) is 11.0 Å². The summed E-state index contributed by atoms with van der Waals surface area (Å²) in [6.45, 7) is 6.49. The summed E-state index contributed by atoms with van der Waals surface area (Å²) >= 11 is 0. The first-order chi connectivity index (χ1) is 11.5. The summed E-state index contributed by atoms with van der Waals surface area (Å²) in [5, 5.41) is 7.06. The van der Waals surface area contributed by atoms with Crippen molar-refractivity contribution in [2.75, 3.05) is 13.1 Å². The molecule has 2 aromatic rings. The summed E-state index contributed by atoms with van der Waals surface area (Å²) in [4.78, 5) is 12.2. The van der Waals surface area contributed by atoms with Gasteiger partial charge in [0.25, 0.3) is 0 Å². The van der Waals surface area contributed by atoms with Gasteiger partial charge >= 0.3 is 0 Å². The minimum Gasteiger partial charge on any atom is -0.459 e. The average Bonchev–Trinajstić information content (AvgIpc) is 2.89. The Bertz CT molecular complexity index is 726. The summed E-state index contributed by atoms with van der Waals surface area (Å²) in [7, 11) is 0. The largest absolute Gasteiger partial charge is 0.459 e. The fraction of sp³-hybridized carbons (Fsp3) is 0.526. The van der Waals surface area contributed by atoms with Gasteiger partial charge in [0.2, 0.25) is 5.91 Å². The molecule has 0 spiro atoms. The van der Waals surface area contributed by atoms with Gasteiger partial charge in [-0.05, 0) is 62.9 Å².